The molecule has 5 rings (SSSR count). The highest BCUT2D eigenvalue weighted by Crippen LogP contribution is 2.51. The lowest BCUT2D eigenvalue weighted by Gasteiger charge is -2.35. The van der Waals surface area contributed by atoms with Gasteiger partial charge in [0, 0.05) is 32.6 Å². The molecule has 1 heterocycles. The van der Waals surface area contributed by atoms with E-state index < -0.39 is 24.0 Å². The molecule has 1 aliphatic carbocycles. The van der Waals surface area contributed by atoms with Crippen LogP contribution in [0.4, 0.5) is 13.2 Å². The molecule has 5 nitrogen and oxygen atoms in total. The number of nitrogens with zero attached hydrogens (tertiary/aromatic N) is 2. The number of unbranched alkanes of at least 4 members (excludes halogenated alkanes) is 1. The Kier molecular flexibility index (Phi) is 9.02. The van der Waals surface area contributed by atoms with Crippen LogP contribution in [0.1, 0.15) is 55.2 Å². The van der Waals surface area contributed by atoms with Crippen molar-refractivity contribution in [3.05, 3.63) is 95.6 Å². The molecule has 0 spiro atoms. The molecule has 1 atom stereocenters. The van der Waals surface area contributed by atoms with Crippen LogP contribution in [-0.2, 0) is 15.0 Å². The first-order chi connectivity index (χ1) is 20.2. The molecule has 0 aromatic heterocycles. The molecule has 1 N–H and O–H groups in total. The molecule has 1 unspecified atom stereocenters. The molecule has 1 saturated heterocycles. The van der Waals surface area contributed by atoms with E-state index in [1.165, 1.54) is 5.56 Å². The van der Waals surface area contributed by atoms with Crippen molar-refractivity contribution in [1.29, 1.82) is 0 Å². The van der Waals surface area contributed by atoms with E-state index >= 15 is 0 Å². The second-order valence-corrected chi connectivity index (χ2v) is 11.5. The summed E-state index contributed by atoms with van der Waals surface area (Å²) in [6, 6.07) is 25.2. The van der Waals surface area contributed by atoms with Crippen molar-refractivity contribution in [2.24, 2.45) is 0 Å². The smallest absolute Gasteiger partial charge is 0.346 e. The molecule has 2 amide bonds. The summed E-state index contributed by atoms with van der Waals surface area (Å²) in [6.45, 7) is 4.48. The Labute approximate surface area is 245 Å². The van der Waals surface area contributed by atoms with Gasteiger partial charge in [0.15, 0.2) is 0 Å². The summed E-state index contributed by atoms with van der Waals surface area (Å²) in [4.78, 5) is 30.8. The molecule has 3 aromatic carbocycles. The zero-order valence-corrected chi connectivity index (χ0v) is 24.0. The number of carbonyl (C=O) groups excluding carboxylic acids is 2. The van der Waals surface area contributed by atoms with Gasteiger partial charge in [-0.2, -0.15) is 13.2 Å². The Morgan fingerprint density at radius 3 is 2.00 bits per heavy atom. The number of benzene rings is 3. The molecule has 42 heavy (non-hydrogen) atoms. The fourth-order valence-electron chi connectivity index (χ4n) is 6.52. The third-order valence-corrected chi connectivity index (χ3v) is 8.75. The van der Waals surface area contributed by atoms with Crippen molar-refractivity contribution in [3.63, 3.8) is 0 Å². The van der Waals surface area contributed by atoms with Crippen molar-refractivity contribution in [2.75, 3.05) is 39.3 Å². The van der Waals surface area contributed by atoms with E-state index in [9.17, 15) is 22.8 Å². The lowest BCUT2D eigenvalue weighted by atomic mass is 9.73. The van der Waals surface area contributed by atoms with Gasteiger partial charge in [-0.15, -0.1) is 0 Å². The van der Waals surface area contributed by atoms with Gasteiger partial charge in [-0.1, -0.05) is 92.2 Å². The summed E-state index contributed by atoms with van der Waals surface area (Å²) in [5.74, 6) is -0.256. The molecule has 0 bridgehead atoms. The summed E-state index contributed by atoms with van der Waals surface area (Å²) >= 11 is 0. The Morgan fingerprint density at radius 1 is 0.833 bits per heavy atom. The number of hydrogen-bond donors (Lipinski definition) is 1. The number of alkyl halides is 3. The van der Waals surface area contributed by atoms with Crippen LogP contribution in [-0.4, -0.2) is 67.1 Å². The maximum absolute atomic E-state index is 13.6. The van der Waals surface area contributed by atoms with Gasteiger partial charge in [0.25, 0.3) is 0 Å². The van der Waals surface area contributed by atoms with Crippen LogP contribution in [0.5, 0.6) is 0 Å². The van der Waals surface area contributed by atoms with Crippen LogP contribution in [0.15, 0.2) is 78.9 Å². The maximum Gasteiger partial charge on any atom is 0.405 e. The van der Waals surface area contributed by atoms with E-state index in [4.69, 9.17) is 0 Å². The van der Waals surface area contributed by atoms with Gasteiger partial charge in [-0.3, -0.25) is 14.5 Å². The standard InChI is InChI=1S/C34H38F3N3O2/c1-25(26-11-3-2-4-12-26)23-31(41)40-21-19-39(20-22-40)18-10-9-17-33(32(42)38-24-34(35,36)37)29-15-7-5-13-27(29)28-14-6-8-16-30(28)33/h2-8,11-16,25H,9-10,17-24H2,1H3,(H,38,42). The number of amides is 2. The highest BCUT2D eigenvalue weighted by Gasteiger charge is 2.49. The molecular weight excluding hydrogens is 539 g/mol. The Balaban J connectivity index is 1.19. The summed E-state index contributed by atoms with van der Waals surface area (Å²) in [7, 11) is 0. The summed E-state index contributed by atoms with van der Waals surface area (Å²) in [5, 5.41) is 2.20. The molecule has 8 heteroatoms. The van der Waals surface area contributed by atoms with E-state index in [0.29, 0.717) is 32.4 Å². The van der Waals surface area contributed by atoms with Crippen molar-refractivity contribution in [3.8, 4) is 11.1 Å². The Bertz CT molecular complexity index is 1340. The number of fused-ring (bicyclic) bond motifs is 3. The second kappa shape index (κ2) is 12.7. The van der Waals surface area contributed by atoms with Crippen LogP contribution in [0.2, 0.25) is 0 Å². The number of piperazine rings is 1. The normalized spacial score (nSPS) is 16.9. The van der Waals surface area contributed by atoms with Crippen molar-refractivity contribution in [2.45, 2.75) is 50.1 Å². The fourth-order valence-corrected chi connectivity index (χ4v) is 6.52. The van der Waals surface area contributed by atoms with E-state index in [-0.39, 0.29) is 11.8 Å². The van der Waals surface area contributed by atoms with Crippen LogP contribution in [0.3, 0.4) is 0 Å². The fraction of sp³-hybridized carbons (Fsp3) is 0.412. The first-order valence-corrected chi connectivity index (χ1v) is 14.8. The molecule has 2 aliphatic rings. The highest BCUT2D eigenvalue weighted by molar-refractivity contribution is 6.00. The van der Waals surface area contributed by atoms with Crippen molar-refractivity contribution < 1.29 is 22.8 Å². The molecule has 222 valence electrons. The first kappa shape index (κ1) is 29.8. The average Bonchev–Trinajstić information content (AvgIpc) is 3.29. The van der Waals surface area contributed by atoms with Crippen LogP contribution >= 0.6 is 0 Å². The number of nitrogens with one attached hydrogen (secondary N) is 1. The van der Waals surface area contributed by atoms with E-state index in [1.807, 2.05) is 71.6 Å². The minimum Gasteiger partial charge on any atom is -0.346 e. The lowest BCUT2D eigenvalue weighted by Crippen LogP contribution is -2.49. The molecule has 0 saturated carbocycles. The number of halogens is 3. The average molecular weight is 578 g/mol. The maximum atomic E-state index is 13.6. The van der Waals surface area contributed by atoms with E-state index in [1.54, 1.807) is 0 Å². The highest BCUT2D eigenvalue weighted by atomic mass is 19.4. The third-order valence-electron chi connectivity index (χ3n) is 8.75. The Morgan fingerprint density at radius 2 is 1.40 bits per heavy atom. The number of rotatable bonds is 10. The second-order valence-electron chi connectivity index (χ2n) is 11.5. The van der Waals surface area contributed by atoms with E-state index in [2.05, 4.69) is 29.3 Å². The SMILES string of the molecule is CC(CC(=O)N1CCN(CCCCC2(C(=O)NCC(F)(F)F)c3ccccc3-c3ccccc32)CC1)c1ccccc1. The summed E-state index contributed by atoms with van der Waals surface area (Å²) in [5.41, 5.74) is 3.33. The zero-order chi connectivity index (χ0) is 29.7. The van der Waals surface area contributed by atoms with Gasteiger partial charge in [-0.05, 0) is 53.1 Å². The van der Waals surface area contributed by atoms with Gasteiger partial charge in [0.05, 0.1) is 0 Å². The third kappa shape index (κ3) is 6.38. The monoisotopic (exact) mass is 577 g/mol. The summed E-state index contributed by atoms with van der Waals surface area (Å²) < 4.78 is 39.3. The van der Waals surface area contributed by atoms with Gasteiger partial charge in [0.2, 0.25) is 11.8 Å². The van der Waals surface area contributed by atoms with Crippen molar-refractivity contribution in [1.82, 2.24) is 15.1 Å². The van der Waals surface area contributed by atoms with Crippen LogP contribution in [0.25, 0.3) is 11.1 Å². The molecule has 1 fully saturated rings. The molecule has 0 radical (unpaired) electrons. The number of hydrogen-bond acceptors (Lipinski definition) is 3. The lowest BCUT2D eigenvalue weighted by molar-refractivity contribution is -0.141. The summed E-state index contributed by atoms with van der Waals surface area (Å²) in [6.07, 6.45) is -2.10. The minimum absolute atomic E-state index is 0.170. The van der Waals surface area contributed by atoms with Crippen LogP contribution in [0, 0.1) is 0 Å². The van der Waals surface area contributed by atoms with Gasteiger partial charge >= 0.3 is 6.18 Å². The minimum atomic E-state index is -4.49. The van der Waals surface area contributed by atoms with Crippen LogP contribution < -0.4 is 5.32 Å². The van der Waals surface area contributed by atoms with Gasteiger partial charge < -0.3 is 10.2 Å². The predicted molar refractivity (Wildman–Crippen MR) is 158 cm³/mol. The zero-order valence-electron chi connectivity index (χ0n) is 24.0. The Hall–Kier alpha value is -3.65. The largest absolute Gasteiger partial charge is 0.405 e. The van der Waals surface area contributed by atoms with Gasteiger partial charge in [-0.25, -0.2) is 0 Å². The molecule has 1 aliphatic heterocycles. The molecule has 3 aromatic rings. The predicted octanol–water partition coefficient (Wildman–Crippen LogP) is 6.14. The quantitative estimate of drug-likeness (QED) is 0.295. The molecular formula is C34H38F3N3O2. The van der Waals surface area contributed by atoms with Crippen molar-refractivity contribution >= 4 is 11.8 Å². The van der Waals surface area contributed by atoms with E-state index in [0.717, 1.165) is 48.3 Å². The van der Waals surface area contributed by atoms with Gasteiger partial charge in [0.1, 0.15) is 12.0 Å². The number of carbonyl (C=O) groups is 2. The first-order valence-electron chi connectivity index (χ1n) is 14.8. The topological polar surface area (TPSA) is 52.7 Å².